The molecule has 0 saturated heterocycles. The third-order valence-electron chi connectivity index (χ3n) is 2.17. The lowest BCUT2D eigenvalue weighted by atomic mass is 10.2. The highest BCUT2D eigenvalue weighted by atomic mass is 32.1. The molecule has 2 heterocycles. The lowest BCUT2D eigenvalue weighted by Gasteiger charge is -2.02. The highest BCUT2D eigenvalue weighted by Gasteiger charge is 2.13. The van der Waals surface area contributed by atoms with Gasteiger partial charge in [-0.3, -0.25) is 10.2 Å². The van der Waals surface area contributed by atoms with Gasteiger partial charge in [-0.25, -0.2) is 5.84 Å². The van der Waals surface area contributed by atoms with E-state index in [1.807, 2.05) is 22.9 Å². The number of nitrogens with one attached hydrogen (secondary N) is 1. The van der Waals surface area contributed by atoms with Crippen molar-refractivity contribution in [2.75, 3.05) is 0 Å². The van der Waals surface area contributed by atoms with Crippen molar-refractivity contribution in [1.82, 2.24) is 5.43 Å². The molecule has 0 unspecified atom stereocenters. The van der Waals surface area contributed by atoms with Gasteiger partial charge in [0, 0.05) is 10.4 Å². The van der Waals surface area contributed by atoms with Crippen molar-refractivity contribution >= 4 is 17.2 Å². The maximum atomic E-state index is 11.3. The quantitative estimate of drug-likeness (QED) is 0.482. The van der Waals surface area contributed by atoms with Gasteiger partial charge in [-0.1, -0.05) is 6.07 Å². The summed E-state index contributed by atoms with van der Waals surface area (Å²) in [6.07, 6.45) is 1.44. The monoisotopic (exact) mass is 252 g/mol. The summed E-state index contributed by atoms with van der Waals surface area (Å²) in [6, 6.07) is 5.65. The molecule has 0 aromatic carbocycles. The minimum Gasteiger partial charge on any atom is -0.459 e. The summed E-state index contributed by atoms with van der Waals surface area (Å²) < 4.78 is 10.5. The molecule has 3 N–H and O–H groups in total. The second-order valence-corrected chi connectivity index (χ2v) is 4.35. The van der Waals surface area contributed by atoms with Gasteiger partial charge in [0.2, 0.25) is 0 Å². The number of nitrogen functional groups attached to an aromatic ring is 1. The SMILES string of the molecule is NNC(=O)c1occc1COCc1cccs1. The van der Waals surface area contributed by atoms with E-state index >= 15 is 0 Å². The number of hydrogen-bond acceptors (Lipinski definition) is 5. The predicted octanol–water partition coefficient (Wildman–Crippen LogP) is 1.66. The molecule has 1 amide bonds. The first-order valence-corrected chi connectivity index (χ1v) is 5.86. The third-order valence-corrected chi connectivity index (χ3v) is 3.02. The average molecular weight is 252 g/mol. The van der Waals surface area contributed by atoms with Gasteiger partial charge in [0.25, 0.3) is 0 Å². The first kappa shape index (κ1) is 11.8. The van der Waals surface area contributed by atoms with Gasteiger partial charge < -0.3 is 9.15 Å². The number of ether oxygens (including phenoxy) is 1. The van der Waals surface area contributed by atoms with E-state index in [0.717, 1.165) is 4.88 Å². The van der Waals surface area contributed by atoms with Gasteiger partial charge >= 0.3 is 5.91 Å². The van der Waals surface area contributed by atoms with E-state index in [4.69, 9.17) is 15.0 Å². The van der Waals surface area contributed by atoms with Gasteiger partial charge in [0.05, 0.1) is 19.5 Å². The van der Waals surface area contributed by atoms with Crippen LogP contribution in [0.4, 0.5) is 0 Å². The second-order valence-electron chi connectivity index (χ2n) is 3.32. The lowest BCUT2D eigenvalue weighted by Crippen LogP contribution is -2.30. The summed E-state index contributed by atoms with van der Waals surface area (Å²) in [5.41, 5.74) is 2.71. The van der Waals surface area contributed by atoms with E-state index in [1.165, 1.54) is 6.26 Å². The van der Waals surface area contributed by atoms with Crippen LogP contribution < -0.4 is 11.3 Å². The van der Waals surface area contributed by atoms with Crippen LogP contribution in [0.3, 0.4) is 0 Å². The van der Waals surface area contributed by atoms with Gasteiger partial charge in [-0.15, -0.1) is 11.3 Å². The minimum atomic E-state index is -0.454. The standard InChI is InChI=1S/C11H12N2O3S/c12-13-11(14)10-8(3-4-16-10)6-15-7-9-2-1-5-17-9/h1-5H,6-7,12H2,(H,13,14). The number of thiophene rings is 1. The normalized spacial score (nSPS) is 10.4. The van der Waals surface area contributed by atoms with E-state index < -0.39 is 5.91 Å². The zero-order valence-corrected chi connectivity index (χ0v) is 9.83. The Hall–Kier alpha value is -1.63. The number of carbonyl (C=O) groups excluding carboxylic acids is 1. The van der Waals surface area contributed by atoms with E-state index in [9.17, 15) is 4.79 Å². The van der Waals surface area contributed by atoms with E-state index in [2.05, 4.69) is 0 Å². The van der Waals surface area contributed by atoms with E-state index in [1.54, 1.807) is 17.4 Å². The first-order chi connectivity index (χ1) is 8.31. The first-order valence-electron chi connectivity index (χ1n) is 4.98. The van der Waals surface area contributed by atoms with Crippen LogP contribution in [-0.2, 0) is 18.0 Å². The van der Waals surface area contributed by atoms with Gasteiger partial charge in [0.15, 0.2) is 5.76 Å². The summed E-state index contributed by atoms with van der Waals surface area (Å²) in [7, 11) is 0. The highest BCUT2D eigenvalue weighted by molar-refractivity contribution is 7.09. The van der Waals surface area contributed by atoms with Gasteiger partial charge in [-0.2, -0.15) is 0 Å². The highest BCUT2D eigenvalue weighted by Crippen LogP contribution is 2.14. The van der Waals surface area contributed by atoms with Crippen molar-refractivity contribution in [1.29, 1.82) is 0 Å². The molecule has 0 radical (unpaired) electrons. The fourth-order valence-electron chi connectivity index (χ4n) is 1.37. The Bertz CT molecular complexity index is 479. The van der Waals surface area contributed by atoms with Crippen LogP contribution in [0.2, 0.25) is 0 Å². The minimum absolute atomic E-state index is 0.193. The Morgan fingerprint density at radius 1 is 1.47 bits per heavy atom. The van der Waals surface area contributed by atoms with Crippen molar-refractivity contribution in [2.24, 2.45) is 5.84 Å². The molecule has 0 bridgehead atoms. The maximum Gasteiger partial charge on any atom is 0.301 e. The zero-order valence-electron chi connectivity index (χ0n) is 9.01. The molecule has 0 saturated carbocycles. The van der Waals surface area contributed by atoms with Crippen molar-refractivity contribution in [3.05, 3.63) is 46.0 Å². The van der Waals surface area contributed by atoms with Gasteiger partial charge in [0.1, 0.15) is 0 Å². The molecule has 0 aliphatic heterocycles. The van der Waals surface area contributed by atoms with Crippen LogP contribution in [0, 0.1) is 0 Å². The zero-order chi connectivity index (χ0) is 12.1. The Balaban J connectivity index is 1.91. The smallest absolute Gasteiger partial charge is 0.301 e. The fraction of sp³-hybridized carbons (Fsp3) is 0.182. The summed E-state index contributed by atoms with van der Waals surface area (Å²) in [4.78, 5) is 12.4. The summed E-state index contributed by atoms with van der Waals surface area (Å²) in [6.45, 7) is 0.837. The van der Waals surface area contributed by atoms with Crippen LogP contribution >= 0.6 is 11.3 Å². The molecule has 2 aromatic heterocycles. The summed E-state index contributed by atoms with van der Waals surface area (Å²) >= 11 is 1.63. The number of carbonyl (C=O) groups is 1. The maximum absolute atomic E-state index is 11.3. The number of hydrogen-bond donors (Lipinski definition) is 2. The molecule has 2 aromatic rings. The van der Waals surface area contributed by atoms with E-state index in [0.29, 0.717) is 18.8 Å². The molecule has 0 atom stereocenters. The van der Waals surface area contributed by atoms with Crippen LogP contribution in [0.25, 0.3) is 0 Å². The number of amides is 1. The summed E-state index contributed by atoms with van der Waals surface area (Å²) in [5.74, 6) is 4.78. The Morgan fingerprint density at radius 2 is 2.35 bits per heavy atom. The van der Waals surface area contributed by atoms with Crippen LogP contribution in [0.5, 0.6) is 0 Å². The molecule has 2 rings (SSSR count). The van der Waals surface area contributed by atoms with Crippen LogP contribution in [-0.4, -0.2) is 5.91 Å². The van der Waals surface area contributed by atoms with Crippen molar-refractivity contribution in [3.63, 3.8) is 0 Å². The Kier molecular flexibility index (Phi) is 3.92. The number of hydrazine groups is 1. The molecule has 5 nitrogen and oxygen atoms in total. The second kappa shape index (κ2) is 5.62. The largest absolute Gasteiger partial charge is 0.459 e. The molecule has 0 aliphatic carbocycles. The van der Waals surface area contributed by atoms with Crippen LogP contribution in [0.1, 0.15) is 21.0 Å². The predicted molar refractivity (Wildman–Crippen MR) is 63.2 cm³/mol. The van der Waals surface area contributed by atoms with Crippen molar-refractivity contribution in [2.45, 2.75) is 13.2 Å². The molecular formula is C11H12N2O3S. The Labute approximate surface area is 102 Å². The molecule has 6 heteroatoms. The lowest BCUT2D eigenvalue weighted by molar-refractivity contribution is 0.0898. The molecular weight excluding hydrogens is 240 g/mol. The van der Waals surface area contributed by atoms with Gasteiger partial charge in [-0.05, 0) is 17.5 Å². The molecule has 17 heavy (non-hydrogen) atoms. The van der Waals surface area contributed by atoms with Crippen molar-refractivity contribution in [3.8, 4) is 0 Å². The molecule has 0 aliphatic rings. The van der Waals surface area contributed by atoms with Crippen LogP contribution in [0.15, 0.2) is 34.3 Å². The van der Waals surface area contributed by atoms with Crippen molar-refractivity contribution < 1.29 is 13.9 Å². The molecule has 90 valence electrons. The summed E-state index contributed by atoms with van der Waals surface area (Å²) in [5, 5.41) is 1.99. The van der Waals surface area contributed by atoms with E-state index in [-0.39, 0.29) is 5.76 Å². The Morgan fingerprint density at radius 3 is 3.06 bits per heavy atom. The third kappa shape index (κ3) is 2.94. The average Bonchev–Trinajstić information content (AvgIpc) is 2.99. The number of nitrogens with two attached hydrogens (primary N) is 1. The number of furan rings is 1. The molecule has 0 fully saturated rings. The fourth-order valence-corrected chi connectivity index (χ4v) is 2.01. The molecule has 0 spiro atoms. The number of rotatable bonds is 5. The topological polar surface area (TPSA) is 77.5 Å².